The molecule has 0 saturated heterocycles. The molecule has 0 atom stereocenters. The molecule has 0 unspecified atom stereocenters. The lowest BCUT2D eigenvalue weighted by molar-refractivity contribution is 0.636. The molecule has 0 aliphatic carbocycles. The molecule has 4 rings (SSSR count). The summed E-state index contributed by atoms with van der Waals surface area (Å²) in [5.74, 6) is 0.332. The zero-order chi connectivity index (χ0) is 15.1. The smallest absolute Gasteiger partial charge is 0.225 e. The Bertz CT molecular complexity index is 1030. The van der Waals surface area contributed by atoms with Gasteiger partial charge >= 0.3 is 0 Å². The quantitative estimate of drug-likeness (QED) is 0.590. The molecular formula is C16H14N6. The van der Waals surface area contributed by atoms with E-state index in [1.807, 2.05) is 54.6 Å². The number of para-hydroxylation sites is 2. The second-order valence-electron chi connectivity index (χ2n) is 5.11. The number of hydrogen-bond acceptors (Lipinski definition) is 4. The molecule has 6 nitrogen and oxygen atoms in total. The molecule has 0 bridgehead atoms. The van der Waals surface area contributed by atoms with Crippen LogP contribution in [0.15, 0.2) is 54.6 Å². The Morgan fingerprint density at radius 3 is 2.55 bits per heavy atom. The van der Waals surface area contributed by atoms with Crippen LogP contribution >= 0.6 is 0 Å². The molecular weight excluding hydrogens is 276 g/mol. The third-order valence-electron chi connectivity index (χ3n) is 3.65. The van der Waals surface area contributed by atoms with E-state index in [-0.39, 0.29) is 5.62 Å². The van der Waals surface area contributed by atoms with Crippen LogP contribution in [-0.2, 0) is 6.54 Å². The molecule has 3 N–H and O–H groups in total. The number of rotatable bonds is 2. The van der Waals surface area contributed by atoms with Crippen molar-refractivity contribution in [3.8, 4) is 0 Å². The maximum Gasteiger partial charge on any atom is 0.225 e. The maximum atomic E-state index is 8.43. The molecule has 22 heavy (non-hydrogen) atoms. The van der Waals surface area contributed by atoms with Gasteiger partial charge in [0.1, 0.15) is 0 Å². The van der Waals surface area contributed by atoms with E-state index in [1.165, 1.54) is 0 Å². The van der Waals surface area contributed by atoms with E-state index in [0.29, 0.717) is 18.0 Å². The van der Waals surface area contributed by atoms with Gasteiger partial charge in [-0.25, -0.2) is 9.67 Å². The van der Waals surface area contributed by atoms with Gasteiger partial charge in [-0.1, -0.05) is 42.5 Å². The van der Waals surface area contributed by atoms with Gasteiger partial charge in [0.25, 0.3) is 0 Å². The maximum absolute atomic E-state index is 8.43. The number of fused-ring (bicyclic) bond motifs is 3. The molecule has 2 aromatic carbocycles. The van der Waals surface area contributed by atoms with Crippen molar-refractivity contribution < 1.29 is 0 Å². The first-order valence-electron chi connectivity index (χ1n) is 6.96. The normalized spacial score (nSPS) is 11.3. The Kier molecular flexibility index (Phi) is 2.69. The summed E-state index contributed by atoms with van der Waals surface area (Å²) >= 11 is 0. The Hall–Kier alpha value is -3.15. The minimum Gasteiger partial charge on any atom is -0.381 e. The van der Waals surface area contributed by atoms with Crippen LogP contribution in [0, 0.1) is 5.41 Å². The van der Waals surface area contributed by atoms with Crippen LogP contribution in [0.5, 0.6) is 0 Å². The topological polar surface area (TPSA) is 85.0 Å². The summed E-state index contributed by atoms with van der Waals surface area (Å²) in [6, 6.07) is 17.6. The van der Waals surface area contributed by atoms with E-state index in [0.717, 1.165) is 16.6 Å². The lowest BCUT2D eigenvalue weighted by Gasteiger charge is -2.02. The van der Waals surface area contributed by atoms with Gasteiger partial charge in [0.2, 0.25) is 11.3 Å². The molecule has 0 aliphatic rings. The van der Waals surface area contributed by atoms with Crippen molar-refractivity contribution in [2.24, 2.45) is 0 Å². The average Bonchev–Trinajstić information content (AvgIpc) is 2.87. The number of nitrogens with two attached hydrogens (primary N) is 1. The first kappa shape index (κ1) is 12.6. The van der Waals surface area contributed by atoms with Gasteiger partial charge < -0.3 is 5.73 Å². The Labute approximate surface area is 126 Å². The zero-order valence-corrected chi connectivity index (χ0v) is 11.8. The molecule has 4 aromatic rings. The fraction of sp³-hybridized carbons (Fsp3) is 0.0625. The summed E-state index contributed by atoms with van der Waals surface area (Å²) in [6.45, 7) is 0.523. The summed E-state index contributed by atoms with van der Waals surface area (Å²) < 4.78 is 3.37. The lowest BCUT2D eigenvalue weighted by atomic mass is 10.2. The van der Waals surface area contributed by atoms with Crippen LogP contribution in [0.1, 0.15) is 5.56 Å². The molecule has 0 saturated carbocycles. The molecule has 0 fully saturated rings. The van der Waals surface area contributed by atoms with Crippen LogP contribution < -0.4 is 11.4 Å². The second kappa shape index (κ2) is 4.70. The van der Waals surface area contributed by atoms with Gasteiger partial charge in [-0.3, -0.25) is 9.81 Å². The number of aromatic nitrogens is 4. The van der Waals surface area contributed by atoms with Gasteiger partial charge in [0, 0.05) is 0 Å². The number of hydrogen-bond donors (Lipinski definition) is 2. The van der Waals surface area contributed by atoms with E-state index in [9.17, 15) is 0 Å². The van der Waals surface area contributed by atoms with E-state index in [1.54, 1.807) is 9.08 Å². The van der Waals surface area contributed by atoms with Crippen molar-refractivity contribution in [1.29, 1.82) is 5.41 Å². The Morgan fingerprint density at radius 1 is 1.00 bits per heavy atom. The average molecular weight is 290 g/mol. The molecule has 108 valence electrons. The second-order valence-corrected chi connectivity index (χ2v) is 5.11. The highest BCUT2D eigenvalue weighted by Gasteiger charge is 2.12. The number of nitrogens with one attached hydrogen (secondary N) is 1. The SMILES string of the molecule is N=c1n(Cc2ccccc2)nc2c(N)nc3ccccc3n12. The van der Waals surface area contributed by atoms with Crippen LogP contribution in [0.2, 0.25) is 0 Å². The van der Waals surface area contributed by atoms with E-state index in [2.05, 4.69) is 10.1 Å². The predicted molar refractivity (Wildman–Crippen MR) is 84.3 cm³/mol. The molecule has 6 heteroatoms. The Morgan fingerprint density at radius 2 is 1.73 bits per heavy atom. The number of anilines is 1. The van der Waals surface area contributed by atoms with Crippen molar-refractivity contribution in [2.45, 2.75) is 6.54 Å². The third kappa shape index (κ3) is 1.85. The highest BCUT2D eigenvalue weighted by atomic mass is 15.4. The standard InChI is InChI=1S/C16H14N6/c17-14-15-20-21(10-11-6-2-1-3-7-11)16(18)22(15)13-9-5-4-8-12(13)19-14/h1-9,18H,10H2,(H2,17,19). The highest BCUT2D eigenvalue weighted by Crippen LogP contribution is 2.16. The first-order valence-corrected chi connectivity index (χ1v) is 6.96. The minimum absolute atomic E-state index is 0.282. The van der Waals surface area contributed by atoms with Crippen molar-refractivity contribution in [3.05, 3.63) is 65.8 Å². The molecule has 2 heterocycles. The van der Waals surface area contributed by atoms with Gasteiger partial charge in [0.15, 0.2) is 5.82 Å². The number of benzene rings is 2. The molecule has 2 aromatic heterocycles. The van der Waals surface area contributed by atoms with Crippen molar-refractivity contribution >= 4 is 22.5 Å². The summed E-state index contributed by atoms with van der Waals surface area (Å²) in [5, 5.41) is 12.9. The largest absolute Gasteiger partial charge is 0.381 e. The first-order chi connectivity index (χ1) is 10.7. The van der Waals surface area contributed by atoms with E-state index in [4.69, 9.17) is 11.1 Å². The van der Waals surface area contributed by atoms with Gasteiger partial charge in [-0.2, -0.15) is 0 Å². The van der Waals surface area contributed by atoms with Crippen molar-refractivity contribution in [3.63, 3.8) is 0 Å². The van der Waals surface area contributed by atoms with Crippen LogP contribution in [-0.4, -0.2) is 19.2 Å². The fourth-order valence-electron chi connectivity index (χ4n) is 2.61. The third-order valence-corrected chi connectivity index (χ3v) is 3.65. The van der Waals surface area contributed by atoms with Crippen LogP contribution in [0.4, 0.5) is 5.82 Å². The molecule has 0 aliphatic heterocycles. The van der Waals surface area contributed by atoms with E-state index < -0.39 is 0 Å². The number of nitrogens with zero attached hydrogens (tertiary/aromatic N) is 4. The summed E-state index contributed by atoms with van der Waals surface area (Å²) in [4.78, 5) is 4.36. The van der Waals surface area contributed by atoms with E-state index >= 15 is 0 Å². The molecule has 0 spiro atoms. The minimum atomic E-state index is 0.282. The predicted octanol–water partition coefficient (Wildman–Crippen LogP) is 1.79. The van der Waals surface area contributed by atoms with Crippen molar-refractivity contribution in [1.82, 2.24) is 19.2 Å². The van der Waals surface area contributed by atoms with Gasteiger partial charge in [0.05, 0.1) is 17.6 Å². The lowest BCUT2D eigenvalue weighted by Crippen LogP contribution is -2.22. The molecule has 0 radical (unpaired) electrons. The fourth-order valence-corrected chi connectivity index (χ4v) is 2.61. The van der Waals surface area contributed by atoms with Crippen LogP contribution in [0.25, 0.3) is 16.7 Å². The monoisotopic (exact) mass is 290 g/mol. The van der Waals surface area contributed by atoms with Gasteiger partial charge in [-0.05, 0) is 17.7 Å². The summed E-state index contributed by atoms with van der Waals surface area (Å²) in [5.41, 5.74) is 9.47. The summed E-state index contributed by atoms with van der Waals surface area (Å²) in [7, 11) is 0. The van der Waals surface area contributed by atoms with Crippen molar-refractivity contribution in [2.75, 3.05) is 5.73 Å². The zero-order valence-electron chi connectivity index (χ0n) is 11.8. The summed E-state index contributed by atoms with van der Waals surface area (Å²) in [6.07, 6.45) is 0. The molecule has 0 amide bonds. The highest BCUT2D eigenvalue weighted by molar-refractivity contribution is 5.81. The Balaban J connectivity index is 1.99. The number of nitrogen functional groups attached to an aromatic ring is 1. The van der Waals surface area contributed by atoms with Crippen LogP contribution in [0.3, 0.4) is 0 Å². The van der Waals surface area contributed by atoms with Gasteiger partial charge in [-0.15, -0.1) is 5.10 Å².